The fourth-order valence-corrected chi connectivity index (χ4v) is 3.33. The largest absolute Gasteiger partial charge is 0.480 e. The van der Waals surface area contributed by atoms with Gasteiger partial charge in [-0.05, 0) is 12.8 Å². The third-order valence-corrected chi connectivity index (χ3v) is 4.31. The minimum atomic E-state index is -0.913. The summed E-state index contributed by atoms with van der Waals surface area (Å²) < 4.78 is 1.87. The molecular weight excluding hydrogens is 266 g/mol. The van der Waals surface area contributed by atoms with Crippen LogP contribution in [0.5, 0.6) is 0 Å². The molecule has 1 aliphatic heterocycles. The van der Waals surface area contributed by atoms with Crippen LogP contribution in [0.4, 0.5) is 0 Å². The molecule has 1 amide bonds. The Balaban J connectivity index is 1.78. The van der Waals surface area contributed by atoms with E-state index in [-0.39, 0.29) is 12.3 Å². The second-order valence-corrected chi connectivity index (χ2v) is 5.40. The van der Waals surface area contributed by atoms with Gasteiger partial charge in [0.2, 0.25) is 5.91 Å². The van der Waals surface area contributed by atoms with Crippen molar-refractivity contribution >= 4 is 28.2 Å². The van der Waals surface area contributed by atoms with Gasteiger partial charge in [0.1, 0.15) is 6.04 Å². The topological polar surface area (TPSA) is 74.9 Å². The van der Waals surface area contributed by atoms with E-state index in [1.54, 1.807) is 6.20 Å². The van der Waals surface area contributed by atoms with Crippen LogP contribution in [0.3, 0.4) is 0 Å². The highest BCUT2D eigenvalue weighted by atomic mass is 32.1. The van der Waals surface area contributed by atoms with Crippen molar-refractivity contribution in [2.24, 2.45) is 0 Å². The molecule has 0 spiro atoms. The van der Waals surface area contributed by atoms with Gasteiger partial charge >= 0.3 is 5.97 Å². The average molecular weight is 279 g/mol. The number of aliphatic carboxylic acids is 1. The lowest BCUT2D eigenvalue weighted by Gasteiger charge is -2.21. The number of aromatic nitrogens is 2. The summed E-state index contributed by atoms with van der Waals surface area (Å²) in [5, 5.41) is 11.0. The van der Waals surface area contributed by atoms with Crippen LogP contribution < -0.4 is 0 Å². The number of fused-ring (bicyclic) bond motifs is 1. The second kappa shape index (κ2) is 4.65. The first-order valence-electron chi connectivity index (χ1n) is 6.08. The lowest BCUT2D eigenvalue weighted by atomic mass is 10.2. The number of amides is 1. The summed E-state index contributed by atoms with van der Waals surface area (Å²) in [5.74, 6) is -1.04. The number of hydrogen-bond acceptors (Lipinski definition) is 4. The van der Waals surface area contributed by atoms with Gasteiger partial charge in [0.05, 0.1) is 6.42 Å². The van der Waals surface area contributed by atoms with Crippen LogP contribution in [0.15, 0.2) is 17.8 Å². The van der Waals surface area contributed by atoms with Crippen molar-refractivity contribution < 1.29 is 14.7 Å². The molecule has 19 heavy (non-hydrogen) atoms. The number of carboxylic acids is 1. The van der Waals surface area contributed by atoms with E-state index in [9.17, 15) is 9.59 Å². The van der Waals surface area contributed by atoms with E-state index in [0.717, 1.165) is 17.1 Å². The zero-order chi connectivity index (χ0) is 13.4. The predicted octanol–water partition coefficient (Wildman–Crippen LogP) is 1.01. The third kappa shape index (κ3) is 2.10. The van der Waals surface area contributed by atoms with Gasteiger partial charge in [0.15, 0.2) is 4.96 Å². The molecule has 100 valence electrons. The Hall–Kier alpha value is -1.89. The van der Waals surface area contributed by atoms with Crippen molar-refractivity contribution in [3.8, 4) is 0 Å². The number of likely N-dealkylation sites (tertiary alicyclic amines) is 1. The first-order chi connectivity index (χ1) is 9.16. The van der Waals surface area contributed by atoms with Crippen LogP contribution in [0, 0.1) is 0 Å². The molecule has 2 aromatic heterocycles. The molecular formula is C12H13N3O3S. The third-order valence-electron chi connectivity index (χ3n) is 3.41. The van der Waals surface area contributed by atoms with E-state index in [1.807, 2.05) is 16.0 Å². The number of carboxylic acid groups (broad SMARTS) is 1. The maximum atomic E-state index is 12.2. The lowest BCUT2D eigenvalue weighted by molar-refractivity contribution is -0.148. The van der Waals surface area contributed by atoms with Gasteiger partial charge in [0.25, 0.3) is 0 Å². The van der Waals surface area contributed by atoms with Crippen LogP contribution in [0.1, 0.15) is 18.5 Å². The molecule has 1 atom stereocenters. The smallest absolute Gasteiger partial charge is 0.326 e. The number of nitrogens with zero attached hydrogens (tertiary/aromatic N) is 3. The molecule has 1 aliphatic rings. The van der Waals surface area contributed by atoms with Crippen LogP contribution in [0.2, 0.25) is 0 Å². The van der Waals surface area contributed by atoms with Crippen LogP contribution in [-0.2, 0) is 16.0 Å². The Morgan fingerprint density at radius 3 is 3.16 bits per heavy atom. The van der Waals surface area contributed by atoms with Crippen molar-refractivity contribution in [1.29, 1.82) is 0 Å². The average Bonchev–Trinajstić information content (AvgIpc) is 3.04. The maximum absolute atomic E-state index is 12.2. The summed E-state index contributed by atoms with van der Waals surface area (Å²) in [6.07, 6.45) is 5.03. The van der Waals surface area contributed by atoms with Gasteiger partial charge in [-0.25, -0.2) is 9.78 Å². The van der Waals surface area contributed by atoms with E-state index in [4.69, 9.17) is 5.11 Å². The molecule has 1 N–H and O–H groups in total. The molecule has 2 aromatic rings. The molecule has 0 saturated carbocycles. The highest BCUT2D eigenvalue weighted by molar-refractivity contribution is 7.15. The standard InChI is InChI=1S/C12H13N3O3S/c16-10(15-4-1-2-9(15)11(17)18)6-8-7-19-12-13-3-5-14(8)12/h3,5,7,9H,1-2,4,6H2,(H,17,18)/t9-/m1/s1. The Kier molecular flexibility index (Phi) is 2.98. The zero-order valence-electron chi connectivity index (χ0n) is 10.2. The quantitative estimate of drug-likeness (QED) is 0.910. The van der Waals surface area contributed by atoms with Crippen LogP contribution >= 0.6 is 11.3 Å². The summed E-state index contributed by atoms with van der Waals surface area (Å²) in [6.45, 7) is 0.535. The van der Waals surface area contributed by atoms with E-state index < -0.39 is 12.0 Å². The number of thiazole rings is 1. The van der Waals surface area contributed by atoms with Gasteiger partial charge in [0, 0.05) is 30.0 Å². The Morgan fingerprint density at radius 1 is 1.53 bits per heavy atom. The normalized spacial score (nSPS) is 19.2. The van der Waals surface area contributed by atoms with Gasteiger partial charge in [-0.1, -0.05) is 0 Å². The molecule has 6 nitrogen and oxygen atoms in total. The number of carbonyl (C=O) groups is 2. The van der Waals surface area contributed by atoms with Crippen molar-refractivity contribution in [2.45, 2.75) is 25.3 Å². The van der Waals surface area contributed by atoms with Crippen LogP contribution in [0.25, 0.3) is 4.96 Å². The summed E-state index contributed by atoms with van der Waals surface area (Å²) >= 11 is 1.48. The fourth-order valence-electron chi connectivity index (χ4n) is 2.48. The highest BCUT2D eigenvalue weighted by Crippen LogP contribution is 2.20. The molecule has 0 radical (unpaired) electrons. The first-order valence-corrected chi connectivity index (χ1v) is 6.96. The van der Waals surface area contributed by atoms with E-state index in [2.05, 4.69) is 4.98 Å². The summed E-state index contributed by atoms with van der Waals surface area (Å²) in [7, 11) is 0. The summed E-state index contributed by atoms with van der Waals surface area (Å²) in [6, 6.07) is -0.663. The zero-order valence-corrected chi connectivity index (χ0v) is 11.0. The van der Waals surface area contributed by atoms with Gasteiger partial charge in [-0.2, -0.15) is 0 Å². The van der Waals surface area contributed by atoms with Crippen molar-refractivity contribution in [3.63, 3.8) is 0 Å². The van der Waals surface area contributed by atoms with Gasteiger partial charge in [-0.3, -0.25) is 9.20 Å². The van der Waals surface area contributed by atoms with Gasteiger partial charge in [-0.15, -0.1) is 11.3 Å². The number of carbonyl (C=O) groups excluding carboxylic acids is 1. The second-order valence-electron chi connectivity index (χ2n) is 4.57. The fraction of sp³-hybridized carbons (Fsp3) is 0.417. The highest BCUT2D eigenvalue weighted by Gasteiger charge is 2.33. The van der Waals surface area contributed by atoms with Gasteiger partial charge < -0.3 is 10.0 Å². The molecule has 7 heteroatoms. The minimum absolute atomic E-state index is 0.127. The van der Waals surface area contributed by atoms with E-state index >= 15 is 0 Å². The maximum Gasteiger partial charge on any atom is 0.326 e. The minimum Gasteiger partial charge on any atom is -0.480 e. The lowest BCUT2D eigenvalue weighted by Crippen LogP contribution is -2.41. The Morgan fingerprint density at radius 2 is 2.37 bits per heavy atom. The molecule has 3 heterocycles. The Bertz CT molecular complexity index is 633. The molecule has 1 saturated heterocycles. The number of imidazole rings is 1. The molecule has 0 aliphatic carbocycles. The Labute approximate surface area is 113 Å². The van der Waals surface area contributed by atoms with E-state index in [1.165, 1.54) is 16.2 Å². The first kappa shape index (κ1) is 12.2. The summed E-state index contributed by atoms with van der Waals surface area (Å²) in [5.41, 5.74) is 0.860. The summed E-state index contributed by atoms with van der Waals surface area (Å²) in [4.78, 5) is 29.8. The van der Waals surface area contributed by atoms with Crippen molar-refractivity contribution in [3.05, 3.63) is 23.5 Å². The van der Waals surface area contributed by atoms with Crippen molar-refractivity contribution in [2.75, 3.05) is 6.54 Å². The SMILES string of the molecule is O=C(O)[C@H]1CCCN1C(=O)Cc1csc2nccn12. The number of hydrogen-bond donors (Lipinski definition) is 1. The molecule has 3 rings (SSSR count). The predicted molar refractivity (Wildman–Crippen MR) is 69.1 cm³/mol. The number of rotatable bonds is 3. The van der Waals surface area contributed by atoms with Crippen molar-refractivity contribution in [1.82, 2.24) is 14.3 Å². The van der Waals surface area contributed by atoms with E-state index in [0.29, 0.717) is 13.0 Å². The molecule has 1 fully saturated rings. The molecule has 0 aromatic carbocycles. The molecule has 0 unspecified atom stereocenters. The molecule has 0 bridgehead atoms. The monoisotopic (exact) mass is 279 g/mol. The van der Waals surface area contributed by atoms with Crippen LogP contribution in [-0.4, -0.2) is 43.9 Å².